The van der Waals surface area contributed by atoms with Crippen molar-refractivity contribution in [3.8, 4) is 0 Å². The summed E-state index contributed by atoms with van der Waals surface area (Å²) in [5.74, 6) is -0.802. The molecule has 0 aliphatic carbocycles. The van der Waals surface area contributed by atoms with Gasteiger partial charge >= 0.3 is 12.1 Å². The monoisotopic (exact) mass is 321 g/mol. The van der Waals surface area contributed by atoms with Gasteiger partial charge in [0.1, 0.15) is 5.60 Å². The van der Waals surface area contributed by atoms with Crippen molar-refractivity contribution in [1.82, 2.24) is 4.90 Å². The number of amides is 1. The van der Waals surface area contributed by atoms with Crippen molar-refractivity contribution < 1.29 is 23.9 Å². The Balaban J connectivity index is 2.32. The molecule has 0 bridgehead atoms. The highest BCUT2D eigenvalue weighted by Gasteiger charge is 2.20. The molecule has 6 heteroatoms. The molecule has 0 saturated carbocycles. The molecule has 0 fully saturated rings. The molecule has 0 saturated heterocycles. The summed E-state index contributed by atoms with van der Waals surface area (Å²) in [5, 5.41) is 0. The van der Waals surface area contributed by atoms with Crippen molar-refractivity contribution in [1.29, 1.82) is 0 Å². The van der Waals surface area contributed by atoms with Crippen molar-refractivity contribution in [2.45, 2.75) is 32.8 Å². The number of esters is 1. The van der Waals surface area contributed by atoms with Gasteiger partial charge in [-0.15, -0.1) is 0 Å². The summed E-state index contributed by atoms with van der Waals surface area (Å²) in [6, 6.07) is 8.60. The Morgan fingerprint density at radius 2 is 1.70 bits per heavy atom. The average molecular weight is 321 g/mol. The number of carbonyl (C=O) groups excluding carboxylic acids is 3. The number of hydrogen-bond donors (Lipinski definition) is 0. The van der Waals surface area contributed by atoms with E-state index in [1.54, 1.807) is 51.1 Å². The lowest BCUT2D eigenvalue weighted by Crippen LogP contribution is -2.35. The zero-order valence-corrected chi connectivity index (χ0v) is 14.0. The quantitative estimate of drug-likeness (QED) is 0.595. The van der Waals surface area contributed by atoms with Gasteiger partial charge in [0.25, 0.3) is 0 Å². The predicted molar refractivity (Wildman–Crippen MR) is 85.2 cm³/mol. The topological polar surface area (TPSA) is 72.9 Å². The van der Waals surface area contributed by atoms with Crippen molar-refractivity contribution in [3.63, 3.8) is 0 Å². The second-order valence-electron chi connectivity index (χ2n) is 6.10. The molecule has 0 aliphatic heterocycles. The fraction of sp³-hybridized carbons (Fsp3) is 0.471. The molecule has 1 aromatic rings. The highest BCUT2D eigenvalue weighted by atomic mass is 16.6. The average Bonchev–Trinajstić information content (AvgIpc) is 2.49. The maximum absolute atomic E-state index is 11.8. The molecule has 126 valence electrons. The van der Waals surface area contributed by atoms with Gasteiger partial charge < -0.3 is 14.4 Å². The van der Waals surface area contributed by atoms with Gasteiger partial charge in [-0.05, 0) is 20.8 Å². The molecule has 0 N–H and O–H groups in total. The first-order valence-corrected chi connectivity index (χ1v) is 7.37. The molecule has 0 aliphatic rings. The van der Waals surface area contributed by atoms with Gasteiger partial charge in [0.05, 0.1) is 6.42 Å². The smallest absolute Gasteiger partial charge is 0.410 e. The van der Waals surface area contributed by atoms with E-state index in [0.29, 0.717) is 5.56 Å². The summed E-state index contributed by atoms with van der Waals surface area (Å²) in [6.45, 7) is 5.15. The standard InChI is InChI=1S/C17H23NO5/c1-17(2,3)23-16(21)18(4)11-10-15(20)22-12-14(19)13-8-6-5-7-9-13/h5-9H,10-12H2,1-4H3. The van der Waals surface area contributed by atoms with E-state index in [-0.39, 0.29) is 25.4 Å². The summed E-state index contributed by atoms with van der Waals surface area (Å²) in [4.78, 5) is 36.4. The zero-order valence-electron chi connectivity index (χ0n) is 14.0. The van der Waals surface area contributed by atoms with Crippen LogP contribution in [-0.2, 0) is 14.3 Å². The number of rotatable bonds is 6. The normalized spacial score (nSPS) is 10.8. The van der Waals surface area contributed by atoms with Crippen molar-refractivity contribution in [2.24, 2.45) is 0 Å². The first kappa shape index (κ1) is 18.7. The van der Waals surface area contributed by atoms with Crippen molar-refractivity contribution >= 4 is 17.8 Å². The Morgan fingerprint density at radius 3 is 2.26 bits per heavy atom. The molecule has 6 nitrogen and oxygen atoms in total. The minimum absolute atomic E-state index is 0.00217. The Kier molecular flexibility index (Phi) is 6.75. The summed E-state index contributed by atoms with van der Waals surface area (Å²) < 4.78 is 10.1. The third-order valence-electron chi connectivity index (χ3n) is 2.82. The van der Waals surface area contributed by atoms with Crippen LogP contribution < -0.4 is 0 Å². The molecule has 0 unspecified atom stereocenters. The lowest BCUT2D eigenvalue weighted by molar-refractivity contribution is -0.142. The molecular weight excluding hydrogens is 298 g/mol. The fourth-order valence-corrected chi connectivity index (χ4v) is 1.62. The van der Waals surface area contributed by atoms with Crippen LogP contribution in [0.4, 0.5) is 4.79 Å². The van der Waals surface area contributed by atoms with E-state index < -0.39 is 17.7 Å². The lowest BCUT2D eigenvalue weighted by atomic mass is 10.1. The summed E-state index contributed by atoms with van der Waals surface area (Å²) >= 11 is 0. The number of hydrogen-bond acceptors (Lipinski definition) is 5. The van der Waals surface area contributed by atoms with Gasteiger partial charge in [0.2, 0.25) is 0 Å². The largest absolute Gasteiger partial charge is 0.457 e. The number of ketones is 1. The Labute approximate surface area is 136 Å². The van der Waals surface area contributed by atoms with Crippen molar-refractivity contribution in [2.75, 3.05) is 20.2 Å². The maximum Gasteiger partial charge on any atom is 0.410 e. The summed E-state index contributed by atoms with van der Waals surface area (Å²) in [5.41, 5.74) is -0.0975. The van der Waals surface area contributed by atoms with Crippen LogP contribution >= 0.6 is 0 Å². The van der Waals surface area contributed by atoms with Crippen LogP contribution in [0.5, 0.6) is 0 Å². The number of benzene rings is 1. The van der Waals surface area contributed by atoms with Crippen LogP contribution in [0, 0.1) is 0 Å². The van der Waals surface area contributed by atoms with Gasteiger partial charge in [-0.3, -0.25) is 9.59 Å². The molecule has 1 aromatic carbocycles. The molecule has 0 atom stereocenters. The van der Waals surface area contributed by atoms with Crippen LogP contribution in [0.2, 0.25) is 0 Å². The first-order valence-electron chi connectivity index (χ1n) is 7.37. The molecule has 1 rings (SSSR count). The number of Topliss-reactive ketones (excluding diaryl/α,β-unsaturated/α-hetero) is 1. The van der Waals surface area contributed by atoms with Crippen LogP contribution in [0.25, 0.3) is 0 Å². The van der Waals surface area contributed by atoms with Gasteiger partial charge in [0.15, 0.2) is 12.4 Å². The molecule has 23 heavy (non-hydrogen) atoms. The van der Waals surface area contributed by atoms with Crippen LogP contribution in [0.1, 0.15) is 37.6 Å². The van der Waals surface area contributed by atoms with E-state index in [9.17, 15) is 14.4 Å². The minimum Gasteiger partial charge on any atom is -0.457 e. The molecule has 0 spiro atoms. The van der Waals surface area contributed by atoms with Crippen LogP contribution in [-0.4, -0.2) is 48.5 Å². The number of carbonyl (C=O) groups is 3. The van der Waals surface area contributed by atoms with E-state index in [2.05, 4.69) is 0 Å². The third kappa shape index (κ3) is 7.44. The van der Waals surface area contributed by atoms with Crippen LogP contribution in [0.3, 0.4) is 0 Å². The van der Waals surface area contributed by atoms with E-state index >= 15 is 0 Å². The Morgan fingerprint density at radius 1 is 1.09 bits per heavy atom. The molecule has 0 aromatic heterocycles. The van der Waals surface area contributed by atoms with E-state index in [0.717, 1.165) is 0 Å². The van der Waals surface area contributed by atoms with Gasteiger partial charge in [-0.25, -0.2) is 4.79 Å². The Bertz CT molecular complexity index is 548. The third-order valence-corrected chi connectivity index (χ3v) is 2.82. The van der Waals surface area contributed by atoms with E-state index in [4.69, 9.17) is 9.47 Å². The lowest BCUT2D eigenvalue weighted by Gasteiger charge is -2.24. The minimum atomic E-state index is -0.589. The highest BCUT2D eigenvalue weighted by Crippen LogP contribution is 2.09. The van der Waals surface area contributed by atoms with Gasteiger partial charge in [-0.1, -0.05) is 30.3 Å². The molecule has 0 heterocycles. The van der Waals surface area contributed by atoms with Gasteiger partial charge in [-0.2, -0.15) is 0 Å². The number of ether oxygens (including phenoxy) is 2. The summed E-state index contributed by atoms with van der Waals surface area (Å²) in [6.07, 6.45) is -0.511. The SMILES string of the molecule is CN(CCC(=O)OCC(=O)c1ccccc1)C(=O)OC(C)(C)C. The van der Waals surface area contributed by atoms with E-state index in [1.807, 2.05) is 0 Å². The maximum atomic E-state index is 11.8. The van der Waals surface area contributed by atoms with Gasteiger partial charge in [0, 0.05) is 19.2 Å². The zero-order chi connectivity index (χ0) is 17.5. The first-order chi connectivity index (χ1) is 10.7. The molecular formula is C17H23NO5. The Hall–Kier alpha value is -2.37. The second kappa shape index (κ2) is 8.31. The predicted octanol–water partition coefficient (Wildman–Crippen LogP) is 2.67. The van der Waals surface area contributed by atoms with E-state index in [1.165, 1.54) is 11.9 Å². The number of nitrogens with zero attached hydrogens (tertiary/aromatic N) is 1. The highest BCUT2D eigenvalue weighted by molar-refractivity contribution is 5.97. The fourth-order valence-electron chi connectivity index (χ4n) is 1.62. The van der Waals surface area contributed by atoms with Crippen LogP contribution in [0.15, 0.2) is 30.3 Å². The molecule has 0 radical (unpaired) electrons. The summed E-state index contributed by atoms with van der Waals surface area (Å²) in [7, 11) is 1.54. The van der Waals surface area contributed by atoms with Crippen molar-refractivity contribution in [3.05, 3.63) is 35.9 Å². The molecule has 1 amide bonds. The second-order valence-corrected chi connectivity index (χ2v) is 6.10.